The number of hydrogen-bond acceptors (Lipinski definition) is 3. The van der Waals surface area contributed by atoms with Crippen molar-refractivity contribution in [2.45, 2.75) is 12.8 Å². The highest BCUT2D eigenvalue weighted by atomic mass is 32.1. The van der Waals surface area contributed by atoms with Crippen LogP contribution in [0.2, 0.25) is 0 Å². The van der Waals surface area contributed by atoms with Gasteiger partial charge in [-0.1, -0.05) is 0 Å². The Labute approximate surface area is 57.8 Å². The molecule has 0 aromatic carbocycles. The first-order valence-electron chi connectivity index (χ1n) is 2.63. The van der Waals surface area contributed by atoms with Crippen molar-refractivity contribution in [2.24, 2.45) is 0 Å². The van der Waals surface area contributed by atoms with Crippen molar-refractivity contribution in [3.63, 3.8) is 0 Å². The molecular weight excluding hydrogens is 132 g/mol. The molecule has 9 heavy (non-hydrogen) atoms. The summed E-state index contributed by atoms with van der Waals surface area (Å²) in [6.45, 7) is 1.85. The van der Waals surface area contributed by atoms with Gasteiger partial charge in [0.05, 0.1) is 12.0 Å². The Morgan fingerprint density at radius 2 is 2.67 bits per heavy atom. The van der Waals surface area contributed by atoms with E-state index in [1.165, 1.54) is 11.3 Å². The third-order valence-electron chi connectivity index (χ3n) is 1.02. The second kappa shape index (κ2) is 2.60. The van der Waals surface area contributed by atoms with Crippen LogP contribution in [0.3, 0.4) is 0 Å². The molecule has 46 valence electrons. The Morgan fingerprint density at radius 1 is 1.89 bits per heavy atom. The minimum Gasteiger partial charge on any atom is -0.248 e. The molecule has 0 aliphatic heterocycles. The van der Waals surface area contributed by atoms with Gasteiger partial charge in [-0.2, -0.15) is 5.26 Å². The highest BCUT2D eigenvalue weighted by Crippen LogP contribution is 2.15. The van der Waals surface area contributed by atoms with Crippen molar-refractivity contribution in [3.05, 3.63) is 16.6 Å². The van der Waals surface area contributed by atoms with Crippen LogP contribution < -0.4 is 0 Å². The first kappa shape index (κ1) is 6.24. The molecule has 0 aliphatic carbocycles. The highest BCUT2D eigenvalue weighted by molar-refractivity contribution is 7.09. The van der Waals surface area contributed by atoms with Crippen LogP contribution in [-0.4, -0.2) is 4.98 Å². The topological polar surface area (TPSA) is 36.7 Å². The predicted octanol–water partition coefficient (Wildman–Crippen LogP) is 1.77. The third-order valence-corrected chi connectivity index (χ3v) is 1.97. The van der Waals surface area contributed by atoms with Gasteiger partial charge in [0.15, 0.2) is 0 Å². The van der Waals surface area contributed by atoms with Gasteiger partial charge in [-0.3, -0.25) is 0 Å². The molecule has 0 N–H and O–H groups in total. The van der Waals surface area contributed by atoms with Crippen LogP contribution in [0.5, 0.6) is 0 Å². The van der Waals surface area contributed by atoms with Crippen LogP contribution in [0.4, 0.5) is 0 Å². The molecule has 2 nitrogen and oxygen atoms in total. The van der Waals surface area contributed by atoms with Crippen molar-refractivity contribution in [2.75, 3.05) is 0 Å². The van der Waals surface area contributed by atoms with Gasteiger partial charge < -0.3 is 0 Å². The van der Waals surface area contributed by atoms with Crippen LogP contribution in [0.1, 0.15) is 17.8 Å². The van der Waals surface area contributed by atoms with Gasteiger partial charge in [0, 0.05) is 11.6 Å². The zero-order valence-corrected chi connectivity index (χ0v) is 5.85. The summed E-state index contributed by atoms with van der Waals surface area (Å²) in [7, 11) is 0. The molecule has 0 radical (unpaired) electrons. The van der Waals surface area contributed by atoms with E-state index < -0.39 is 0 Å². The number of nitriles is 1. The molecule has 1 aromatic rings. The molecule has 0 unspecified atom stereocenters. The Bertz CT molecular complexity index is 209. The molecule has 0 saturated heterocycles. The van der Waals surface area contributed by atoms with Crippen LogP contribution in [-0.2, 0) is 0 Å². The van der Waals surface area contributed by atoms with E-state index >= 15 is 0 Å². The summed E-state index contributed by atoms with van der Waals surface area (Å²) in [5.74, 6) is -0.0509. The van der Waals surface area contributed by atoms with Crippen molar-refractivity contribution in [1.82, 2.24) is 4.98 Å². The molecule has 0 fully saturated rings. The molecule has 1 heterocycles. The van der Waals surface area contributed by atoms with Crippen LogP contribution in [0, 0.1) is 11.3 Å². The monoisotopic (exact) mass is 138 g/mol. The van der Waals surface area contributed by atoms with Gasteiger partial charge in [0.1, 0.15) is 5.01 Å². The fourth-order valence-electron chi connectivity index (χ4n) is 0.504. The SMILES string of the molecule is C[C@@H](C#N)c1nccs1. The Kier molecular flexibility index (Phi) is 1.81. The van der Waals surface area contributed by atoms with Gasteiger partial charge >= 0.3 is 0 Å². The lowest BCUT2D eigenvalue weighted by atomic mass is 10.2. The van der Waals surface area contributed by atoms with E-state index in [1.807, 2.05) is 12.3 Å². The average Bonchev–Trinajstić information content (AvgIpc) is 2.37. The third kappa shape index (κ3) is 1.27. The van der Waals surface area contributed by atoms with E-state index in [0.29, 0.717) is 0 Å². The summed E-state index contributed by atoms with van der Waals surface area (Å²) >= 11 is 1.52. The van der Waals surface area contributed by atoms with E-state index in [4.69, 9.17) is 5.26 Å². The Hall–Kier alpha value is -0.880. The Balaban J connectivity index is 2.80. The maximum absolute atomic E-state index is 8.42. The number of hydrogen-bond donors (Lipinski definition) is 0. The summed E-state index contributed by atoms with van der Waals surface area (Å²) < 4.78 is 0. The lowest BCUT2D eigenvalue weighted by Gasteiger charge is -1.90. The fourth-order valence-corrected chi connectivity index (χ4v) is 1.14. The van der Waals surface area contributed by atoms with Crippen molar-refractivity contribution >= 4 is 11.3 Å². The van der Waals surface area contributed by atoms with E-state index in [0.717, 1.165) is 5.01 Å². The van der Waals surface area contributed by atoms with Gasteiger partial charge in [-0.25, -0.2) is 4.98 Å². The van der Waals surface area contributed by atoms with Crippen molar-refractivity contribution in [3.8, 4) is 6.07 Å². The van der Waals surface area contributed by atoms with E-state index in [-0.39, 0.29) is 5.92 Å². The molecule has 0 saturated carbocycles. The maximum Gasteiger partial charge on any atom is 0.109 e. The van der Waals surface area contributed by atoms with E-state index in [2.05, 4.69) is 11.1 Å². The maximum atomic E-state index is 8.42. The summed E-state index contributed by atoms with van der Waals surface area (Å²) in [4.78, 5) is 3.98. The van der Waals surface area contributed by atoms with Gasteiger partial charge in [-0.05, 0) is 6.92 Å². The fraction of sp³-hybridized carbons (Fsp3) is 0.333. The smallest absolute Gasteiger partial charge is 0.109 e. The van der Waals surface area contributed by atoms with E-state index in [9.17, 15) is 0 Å². The van der Waals surface area contributed by atoms with E-state index in [1.54, 1.807) is 6.20 Å². The largest absolute Gasteiger partial charge is 0.248 e. The minimum absolute atomic E-state index is 0.0509. The molecular formula is C6H6N2S. The number of rotatable bonds is 1. The standard InChI is InChI=1S/C6H6N2S/c1-5(4-7)6-8-2-3-9-6/h2-3,5H,1H3/t5-/m0/s1. The number of nitrogens with zero attached hydrogens (tertiary/aromatic N) is 2. The van der Waals surface area contributed by atoms with Crippen molar-refractivity contribution in [1.29, 1.82) is 5.26 Å². The van der Waals surface area contributed by atoms with Crippen LogP contribution in [0.25, 0.3) is 0 Å². The Morgan fingerprint density at radius 3 is 3.11 bits per heavy atom. The van der Waals surface area contributed by atoms with Gasteiger partial charge in [-0.15, -0.1) is 11.3 Å². The van der Waals surface area contributed by atoms with Gasteiger partial charge in [0.25, 0.3) is 0 Å². The summed E-state index contributed by atoms with van der Waals surface area (Å²) in [5, 5.41) is 11.2. The minimum atomic E-state index is -0.0509. The molecule has 1 rings (SSSR count). The molecule has 1 atom stereocenters. The molecule has 3 heteroatoms. The van der Waals surface area contributed by atoms with Crippen molar-refractivity contribution < 1.29 is 0 Å². The molecule has 0 amide bonds. The molecule has 1 aromatic heterocycles. The lowest BCUT2D eigenvalue weighted by Crippen LogP contribution is -1.85. The van der Waals surface area contributed by atoms with Crippen LogP contribution in [0.15, 0.2) is 11.6 Å². The molecule has 0 aliphatic rings. The normalized spacial score (nSPS) is 12.4. The van der Waals surface area contributed by atoms with Gasteiger partial charge in [0.2, 0.25) is 0 Å². The summed E-state index contributed by atoms with van der Waals surface area (Å²) in [6.07, 6.45) is 1.72. The quantitative estimate of drug-likeness (QED) is 0.593. The molecule has 0 bridgehead atoms. The predicted molar refractivity (Wildman–Crippen MR) is 36.1 cm³/mol. The first-order chi connectivity index (χ1) is 4.34. The number of aromatic nitrogens is 1. The highest BCUT2D eigenvalue weighted by Gasteiger charge is 2.03. The summed E-state index contributed by atoms with van der Waals surface area (Å²) in [5.41, 5.74) is 0. The van der Waals surface area contributed by atoms with Crippen LogP contribution >= 0.6 is 11.3 Å². The average molecular weight is 138 g/mol. The summed E-state index contributed by atoms with van der Waals surface area (Å²) in [6, 6.07) is 2.12. The second-order valence-corrected chi connectivity index (χ2v) is 2.65. The zero-order chi connectivity index (χ0) is 6.69. The zero-order valence-electron chi connectivity index (χ0n) is 5.03. The molecule has 0 spiro atoms. The number of thiazole rings is 1. The first-order valence-corrected chi connectivity index (χ1v) is 3.51. The second-order valence-electron chi connectivity index (χ2n) is 1.72. The lowest BCUT2D eigenvalue weighted by molar-refractivity contribution is 0.959.